The Balaban J connectivity index is 1.96. The summed E-state index contributed by atoms with van der Waals surface area (Å²) in [5.74, 6) is 0. The molecule has 0 fully saturated rings. The van der Waals surface area contributed by atoms with Crippen LogP contribution in [0.4, 0.5) is 0 Å². The maximum atomic E-state index is 10.8. The average Bonchev–Trinajstić information content (AvgIpc) is 3.07. The minimum Gasteiger partial charge on any atom is -0.384 e. The van der Waals surface area contributed by atoms with Crippen molar-refractivity contribution in [2.75, 3.05) is 0 Å². The third-order valence-corrected chi connectivity index (χ3v) is 5.27. The summed E-state index contributed by atoms with van der Waals surface area (Å²) >= 11 is 1.65. The van der Waals surface area contributed by atoms with Crippen molar-refractivity contribution in [3.8, 4) is 0 Å². The summed E-state index contributed by atoms with van der Waals surface area (Å²) < 4.78 is 0. The van der Waals surface area contributed by atoms with Crippen LogP contribution < -0.4 is 0 Å². The molecule has 1 atom stereocenters. The zero-order chi connectivity index (χ0) is 13.7. The number of aliphatic hydroxyl groups excluding tert-OH is 1. The quantitative estimate of drug-likeness (QED) is 0.738. The lowest BCUT2D eigenvalue weighted by atomic mass is 9.93. The summed E-state index contributed by atoms with van der Waals surface area (Å²) in [4.78, 5) is 0. The number of rotatable bonds is 2. The van der Waals surface area contributed by atoms with E-state index in [0.29, 0.717) is 0 Å². The van der Waals surface area contributed by atoms with Crippen molar-refractivity contribution in [3.63, 3.8) is 0 Å². The zero-order valence-electron chi connectivity index (χ0n) is 11.4. The van der Waals surface area contributed by atoms with Crippen molar-refractivity contribution < 1.29 is 5.11 Å². The van der Waals surface area contributed by atoms with E-state index in [0.717, 1.165) is 24.0 Å². The second kappa shape index (κ2) is 4.44. The van der Waals surface area contributed by atoms with E-state index in [9.17, 15) is 5.11 Å². The van der Waals surface area contributed by atoms with Crippen LogP contribution in [0.25, 0.3) is 10.8 Å². The molecule has 1 aliphatic rings. The first-order valence-corrected chi connectivity index (χ1v) is 7.94. The molecule has 0 amide bonds. The smallest absolute Gasteiger partial charge is 0.106 e. The van der Waals surface area contributed by atoms with Gasteiger partial charge < -0.3 is 5.11 Å². The van der Waals surface area contributed by atoms with Crippen LogP contribution in [0.15, 0.2) is 41.1 Å². The van der Waals surface area contributed by atoms with E-state index >= 15 is 0 Å². The topological polar surface area (TPSA) is 20.2 Å². The molecule has 1 nitrogen and oxygen atoms in total. The van der Waals surface area contributed by atoms with Gasteiger partial charge in [0.25, 0.3) is 0 Å². The first kappa shape index (κ1) is 12.1. The van der Waals surface area contributed by atoms with Gasteiger partial charge >= 0.3 is 0 Å². The Kier molecular flexibility index (Phi) is 2.69. The van der Waals surface area contributed by atoms with E-state index in [-0.39, 0.29) is 0 Å². The van der Waals surface area contributed by atoms with Crippen molar-refractivity contribution >= 4 is 22.1 Å². The third kappa shape index (κ3) is 1.65. The Bertz CT molecular complexity index is 790. The van der Waals surface area contributed by atoms with Gasteiger partial charge in [-0.1, -0.05) is 30.3 Å². The average molecular weight is 280 g/mol. The number of hydrogen-bond acceptors (Lipinski definition) is 2. The molecule has 0 saturated carbocycles. The van der Waals surface area contributed by atoms with Crippen molar-refractivity contribution in [1.82, 2.24) is 0 Å². The third-order valence-electron chi connectivity index (χ3n) is 4.39. The lowest BCUT2D eigenvalue weighted by molar-refractivity contribution is 0.221. The van der Waals surface area contributed by atoms with E-state index in [1.54, 1.807) is 11.3 Å². The Labute approximate surface area is 122 Å². The highest BCUT2D eigenvalue weighted by molar-refractivity contribution is 7.08. The molecule has 100 valence electrons. The molecular weight excluding hydrogens is 264 g/mol. The van der Waals surface area contributed by atoms with Crippen molar-refractivity contribution in [2.24, 2.45) is 0 Å². The fraction of sp³-hybridized carbons (Fsp3) is 0.222. The van der Waals surface area contributed by atoms with Crippen molar-refractivity contribution in [2.45, 2.75) is 25.9 Å². The standard InChI is InChI=1S/C18H16OS/c1-11-9-20-10-16(11)18(19)15-8-7-13-6-5-12-3-2-4-14(15)17(12)13/h2-4,7-10,18-19H,5-6H2,1H3. The molecule has 1 N–H and O–H groups in total. The summed E-state index contributed by atoms with van der Waals surface area (Å²) in [6.07, 6.45) is 1.74. The van der Waals surface area contributed by atoms with E-state index < -0.39 is 6.10 Å². The summed E-state index contributed by atoms with van der Waals surface area (Å²) in [5, 5.41) is 17.5. The van der Waals surface area contributed by atoms with Gasteiger partial charge in [0.1, 0.15) is 6.10 Å². The minimum absolute atomic E-state index is 0.522. The molecule has 0 aliphatic heterocycles. The fourth-order valence-electron chi connectivity index (χ4n) is 3.33. The van der Waals surface area contributed by atoms with Crippen LogP contribution >= 0.6 is 11.3 Å². The molecule has 0 spiro atoms. The van der Waals surface area contributed by atoms with E-state index in [1.807, 2.05) is 0 Å². The Morgan fingerprint density at radius 2 is 1.80 bits per heavy atom. The zero-order valence-corrected chi connectivity index (χ0v) is 12.2. The molecule has 2 aromatic carbocycles. The summed E-state index contributed by atoms with van der Waals surface area (Å²) in [7, 11) is 0. The fourth-order valence-corrected chi connectivity index (χ4v) is 4.20. The van der Waals surface area contributed by atoms with Gasteiger partial charge in [0.05, 0.1) is 0 Å². The normalized spacial score (nSPS) is 14.9. The summed E-state index contributed by atoms with van der Waals surface area (Å²) in [6.45, 7) is 2.06. The Hall–Kier alpha value is -1.64. The molecule has 0 saturated heterocycles. The van der Waals surface area contributed by atoms with Gasteiger partial charge in [-0.3, -0.25) is 0 Å². The molecule has 20 heavy (non-hydrogen) atoms. The lowest BCUT2D eigenvalue weighted by Gasteiger charge is -2.15. The van der Waals surface area contributed by atoms with Crippen molar-refractivity contribution in [3.05, 3.63) is 68.9 Å². The number of aliphatic hydroxyl groups is 1. The summed E-state index contributed by atoms with van der Waals surface area (Å²) in [5.41, 5.74) is 6.09. The predicted molar refractivity (Wildman–Crippen MR) is 84.5 cm³/mol. The van der Waals surface area contributed by atoms with E-state index in [1.165, 1.54) is 27.5 Å². The van der Waals surface area contributed by atoms with Crippen LogP contribution in [0.1, 0.15) is 33.9 Å². The minimum atomic E-state index is -0.522. The van der Waals surface area contributed by atoms with Crippen LogP contribution in [0.5, 0.6) is 0 Å². The Morgan fingerprint density at radius 1 is 1.00 bits per heavy atom. The van der Waals surface area contributed by atoms with Gasteiger partial charge in [-0.25, -0.2) is 0 Å². The molecular formula is C18H16OS. The highest BCUT2D eigenvalue weighted by atomic mass is 32.1. The van der Waals surface area contributed by atoms with Crippen molar-refractivity contribution in [1.29, 1.82) is 0 Å². The predicted octanol–water partition coefficient (Wildman–Crippen LogP) is 4.39. The van der Waals surface area contributed by atoms with Gasteiger partial charge in [-0.05, 0) is 69.1 Å². The molecule has 1 aliphatic carbocycles. The van der Waals surface area contributed by atoms with Crippen LogP contribution in [0.3, 0.4) is 0 Å². The molecule has 0 bridgehead atoms. The molecule has 0 radical (unpaired) electrons. The van der Waals surface area contributed by atoms with E-state index in [2.05, 4.69) is 48.0 Å². The van der Waals surface area contributed by atoms with Crippen LogP contribution in [0.2, 0.25) is 0 Å². The van der Waals surface area contributed by atoms with Gasteiger partial charge in [0, 0.05) is 0 Å². The monoisotopic (exact) mass is 280 g/mol. The highest BCUT2D eigenvalue weighted by Crippen LogP contribution is 2.37. The number of thiophene rings is 1. The second-order valence-corrected chi connectivity index (χ2v) is 6.31. The Morgan fingerprint density at radius 3 is 2.55 bits per heavy atom. The lowest BCUT2D eigenvalue weighted by Crippen LogP contribution is -2.01. The number of hydrogen-bond donors (Lipinski definition) is 1. The largest absolute Gasteiger partial charge is 0.384 e. The van der Waals surface area contributed by atoms with Gasteiger partial charge in [0.2, 0.25) is 0 Å². The SMILES string of the molecule is Cc1cscc1C(O)c1ccc2c3c(cccc13)CC2. The second-order valence-electron chi connectivity index (χ2n) is 5.57. The molecule has 4 rings (SSSR count). The molecule has 1 heterocycles. The first-order chi connectivity index (χ1) is 9.75. The maximum Gasteiger partial charge on any atom is 0.106 e. The van der Waals surface area contributed by atoms with Crippen LogP contribution in [0, 0.1) is 6.92 Å². The van der Waals surface area contributed by atoms with Crippen LogP contribution in [-0.4, -0.2) is 5.11 Å². The summed E-state index contributed by atoms with van der Waals surface area (Å²) in [6, 6.07) is 10.8. The van der Waals surface area contributed by atoms with Crippen LogP contribution in [-0.2, 0) is 12.8 Å². The molecule has 2 heteroatoms. The van der Waals surface area contributed by atoms with Gasteiger partial charge in [-0.2, -0.15) is 11.3 Å². The highest BCUT2D eigenvalue weighted by Gasteiger charge is 2.20. The number of aryl methyl sites for hydroxylation is 3. The molecule has 3 aromatic rings. The van der Waals surface area contributed by atoms with Gasteiger partial charge in [0.15, 0.2) is 0 Å². The maximum absolute atomic E-state index is 10.8. The van der Waals surface area contributed by atoms with E-state index in [4.69, 9.17) is 0 Å². The number of benzene rings is 2. The molecule has 1 aromatic heterocycles. The molecule has 1 unspecified atom stereocenters. The van der Waals surface area contributed by atoms with Gasteiger partial charge in [-0.15, -0.1) is 0 Å². The first-order valence-electron chi connectivity index (χ1n) is 7.00.